The van der Waals surface area contributed by atoms with Gasteiger partial charge in [-0.2, -0.15) is 0 Å². The van der Waals surface area contributed by atoms with Gasteiger partial charge in [0.1, 0.15) is 5.75 Å². The summed E-state index contributed by atoms with van der Waals surface area (Å²) in [7, 11) is 1.64. The lowest BCUT2D eigenvalue weighted by molar-refractivity contribution is -0.119. The highest BCUT2D eigenvalue weighted by molar-refractivity contribution is 5.94. The van der Waals surface area contributed by atoms with Crippen molar-refractivity contribution in [3.05, 3.63) is 23.8 Å². The van der Waals surface area contributed by atoms with E-state index in [0.717, 1.165) is 11.3 Å². The van der Waals surface area contributed by atoms with Crippen molar-refractivity contribution >= 4 is 11.6 Å². The largest absolute Gasteiger partial charge is 0.508 e. The summed E-state index contributed by atoms with van der Waals surface area (Å²) >= 11 is 0. The summed E-state index contributed by atoms with van der Waals surface area (Å²) in [6.45, 7) is 7.02. The van der Waals surface area contributed by atoms with Crippen molar-refractivity contribution < 1.29 is 14.6 Å². The number of phenolic OH excluding ortho intramolecular Hbond substituents is 1. The molecule has 0 saturated heterocycles. The molecule has 0 fully saturated rings. The van der Waals surface area contributed by atoms with Gasteiger partial charge in [-0.1, -0.05) is 13.0 Å². The number of nitrogens with zero attached hydrogens (tertiary/aromatic N) is 1. The summed E-state index contributed by atoms with van der Waals surface area (Å²) in [4.78, 5) is 14.0. The first-order valence-electron chi connectivity index (χ1n) is 6.58. The van der Waals surface area contributed by atoms with Gasteiger partial charge in [0, 0.05) is 32.7 Å². The summed E-state index contributed by atoms with van der Waals surface area (Å²) in [5.74, 6) is 0.418. The molecule has 1 amide bonds. The van der Waals surface area contributed by atoms with Crippen LogP contribution in [0.4, 0.5) is 5.69 Å². The van der Waals surface area contributed by atoms with Crippen molar-refractivity contribution in [2.75, 3.05) is 25.2 Å². The Kier molecular flexibility index (Phi) is 5.83. The van der Waals surface area contributed by atoms with Crippen molar-refractivity contribution in [1.82, 2.24) is 0 Å². The number of phenols is 1. The maximum absolute atomic E-state index is 12.3. The lowest BCUT2D eigenvalue weighted by atomic mass is 10.1. The molecule has 106 valence electrons. The number of aryl methyl sites for hydroxylation is 1. The second kappa shape index (κ2) is 7.14. The average molecular weight is 265 g/mol. The number of carbonyl (C=O) groups excluding carboxylic acids is 1. The predicted molar refractivity (Wildman–Crippen MR) is 76.5 cm³/mol. The van der Waals surface area contributed by atoms with Gasteiger partial charge in [-0.3, -0.25) is 4.79 Å². The molecule has 1 aromatic carbocycles. The topological polar surface area (TPSA) is 49.8 Å². The zero-order chi connectivity index (χ0) is 14.4. The summed E-state index contributed by atoms with van der Waals surface area (Å²) < 4.78 is 5.06. The average Bonchev–Trinajstić information content (AvgIpc) is 2.34. The molecule has 1 rings (SSSR count). The molecule has 19 heavy (non-hydrogen) atoms. The molecule has 0 spiro atoms. The first kappa shape index (κ1) is 15.5. The number of rotatable bonds is 6. The van der Waals surface area contributed by atoms with Crippen LogP contribution in [0.15, 0.2) is 18.2 Å². The number of carbonyl (C=O) groups is 1. The molecular formula is C15H23NO3. The van der Waals surface area contributed by atoms with E-state index in [0.29, 0.717) is 19.6 Å². The van der Waals surface area contributed by atoms with Crippen LogP contribution in [0.5, 0.6) is 5.75 Å². The Labute approximate surface area is 115 Å². The van der Waals surface area contributed by atoms with E-state index in [2.05, 4.69) is 0 Å². The summed E-state index contributed by atoms with van der Waals surface area (Å²) in [5.41, 5.74) is 1.75. The van der Waals surface area contributed by atoms with Crippen molar-refractivity contribution in [3.63, 3.8) is 0 Å². The number of hydrogen-bond donors (Lipinski definition) is 1. The van der Waals surface area contributed by atoms with Gasteiger partial charge in [-0.15, -0.1) is 0 Å². The van der Waals surface area contributed by atoms with E-state index < -0.39 is 0 Å². The Bertz CT molecular complexity index is 431. The number of methoxy groups -OCH3 is 1. The molecule has 0 saturated carbocycles. The van der Waals surface area contributed by atoms with Crippen LogP contribution in [0.3, 0.4) is 0 Å². The Morgan fingerprint density at radius 3 is 2.74 bits per heavy atom. The van der Waals surface area contributed by atoms with Gasteiger partial charge >= 0.3 is 0 Å². The highest BCUT2D eigenvalue weighted by atomic mass is 16.5. The molecule has 0 heterocycles. The molecule has 4 heteroatoms. The molecule has 1 atom stereocenters. The Morgan fingerprint density at radius 2 is 2.16 bits per heavy atom. The number of hydrogen-bond acceptors (Lipinski definition) is 3. The van der Waals surface area contributed by atoms with Crippen LogP contribution in [0.1, 0.15) is 25.8 Å². The molecule has 1 unspecified atom stereocenters. The third-order valence-corrected chi connectivity index (χ3v) is 3.08. The second-order valence-corrected chi connectivity index (χ2v) is 4.87. The molecule has 0 aromatic heterocycles. The van der Waals surface area contributed by atoms with Crippen LogP contribution in [0, 0.1) is 12.8 Å². The van der Waals surface area contributed by atoms with E-state index in [1.165, 1.54) is 0 Å². The van der Waals surface area contributed by atoms with Crippen LogP contribution >= 0.6 is 0 Å². The number of aromatic hydroxyl groups is 1. The number of benzene rings is 1. The highest BCUT2D eigenvalue weighted by Gasteiger charge is 2.18. The minimum atomic E-state index is 0.0563. The Balaban J connectivity index is 2.87. The van der Waals surface area contributed by atoms with Crippen molar-refractivity contribution in [2.24, 2.45) is 5.92 Å². The lowest BCUT2D eigenvalue weighted by Gasteiger charge is -2.24. The maximum Gasteiger partial charge on any atom is 0.227 e. The Hall–Kier alpha value is -1.55. The number of amides is 1. The van der Waals surface area contributed by atoms with E-state index >= 15 is 0 Å². The SMILES string of the molecule is CCN(C(=O)CC(C)COC)c1cc(O)ccc1C. The molecule has 1 N–H and O–H groups in total. The zero-order valence-corrected chi connectivity index (χ0v) is 12.1. The Morgan fingerprint density at radius 1 is 1.47 bits per heavy atom. The van der Waals surface area contributed by atoms with Crippen LogP contribution < -0.4 is 4.90 Å². The normalized spacial score (nSPS) is 12.2. The first-order chi connectivity index (χ1) is 8.99. The van der Waals surface area contributed by atoms with Crippen LogP contribution in [0.2, 0.25) is 0 Å². The summed E-state index contributed by atoms with van der Waals surface area (Å²) in [5, 5.41) is 9.57. The number of anilines is 1. The van der Waals surface area contributed by atoms with Gasteiger partial charge in [-0.25, -0.2) is 0 Å². The predicted octanol–water partition coefficient (Wildman–Crippen LogP) is 2.73. The van der Waals surface area contributed by atoms with E-state index in [-0.39, 0.29) is 17.6 Å². The fourth-order valence-electron chi connectivity index (χ4n) is 2.12. The number of ether oxygens (including phenoxy) is 1. The van der Waals surface area contributed by atoms with Crippen molar-refractivity contribution in [1.29, 1.82) is 0 Å². The monoisotopic (exact) mass is 265 g/mol. The third-order valence-electron chi connectivity index (χ3n) is 3.08. The van der Waals surface area contributed by atoms with E-state index in [9.17, 15) is 9.90 Å². The van der Waals surface area contributed by atoms with Crippen molar-refractivity contribution in [3.8, 4) is 5.75 Å². The second-order valence-electron chi connectivity index (χ2n) is 4.87. The van der Waals surface area contributed by atoms with Gasteiger partial charge in [0.25, 0.3) is 0 Å². The lowest BCUT2D eigenvalue weighted by Crippen LogP contribution is -2.32. The van der Waals surface area contributed by atoms with Gasteiger partial charge in [0.2, 0.25) is 5.91 Å². The fraction of sp³-hybridized carbons (Fsp3) is 0.533. The molecule has 0 aliphatic carbocycles. The molecular weight excluding hydrogens is 242 g/mol. The maximum atomic E-state index is 12.3. The van der Waals surface area contributed by atoms with E-state index in [4.69, 9.17) is 4.74 Å². The van der Waals surface area contributed by atoms with Gasteiger partial charge in [-0.05, 0) is 31.4 Å². The molecule has 0 radical (unpaired) electrons. The van der Waals surface area contributed by atoms with Gasteiger partial charge < -0.3 is 14.7 Å². The van der Waals surface area contributed by atoms with Crippen LogP contribution in [-0.4, -0.2) is 31.3 Å². The van der Waals surface area contributed by atoms with E-state index in [1.54, 1.807) is 24.1 Å². The molecule has 0 bridgehead atoms. The van der Waals surface area contributed by atoms with Crippen LogP contribution in [0.25, 0.3) is 0 Å². The summed E-state index contributed by atoms with van der Waals surface area (Å²) in [6.07, 6.45) is 0.441. The standard InChI is InChI=1S/C15H23NO3/c1-5-16(15(18)8-11(2)10-19-4)14-9-13(17)7-6-12(14)3/h6-7,9,11,17H,5,8,10H2,1-4H3. The summed E-state index contributed by atoms with van der Waals surface area (Å²) in [6, 6.07) is 5.08. The quantitative estimate of drug-likeness (QED) is 0.860. The fourth-order valence-corrected chi connectivity index (χ4v) is 2.12. The first-order valence-corrected chi connectivity index (χ1v) is 6.58. The molecule has 0 aliphatic rings. The van der Waals surface area contributed by atoms with E-state index in [1.807, 2.05) is 26.8 Å². The van der Waals surface area contributed by atoms with Crippen molar-refractivity contribution in [2.45, 2.75) is 27.2 Å². The minimum Gasteiger partial charge on any atom is -0.508 e. The molecule has 0 aliphatic heterocycles. The van der Waals surface area contributed by atoms with Gasteiger partial charge in [0.05, 0.1) is 5.69 Å². The third kappa shape index (κ3) is 4.24. The highest BCUT2D eigenvalue weighted by Crippen LogP contribution is 2.26. The minimum absolute atomic E-state index is 0.0563. The molecule has 4 nitrogen and oxygen atoms in total. The van der Waals surface area contributed by atoms with Crippen LogP contribution in [-0.2, 0) is 9.53 Å². The van der Waals surface area contributed by atoms with Gasteiger partial charge in [0.15, 0.2) is 0 Å². The molecule has 1 aromatic rings. The smallest absolute Gasteiger partial charge is 0.227 e. The zero-order valence-electron chi connectivity index (χ0n) is 12.1.